The highest BCUT2D eigenvalue weighted by Gasteiger charge is 2.54. The average molecular weight is 210 g/mol. The Hall–Kier alpha value is -0.340. The first-order valence-corrected chi connectivity index (χ1v) is 5.94. The molecule has 0 aromatic carbocycles. The fraction of sp³-hybridized carbons (Fsp3) is 0.846. The van der Waals surface area contributed by atoms with Crippen molar-refractivity contribution in [1.82, 2.24) is 0 Å². The van der Waals surface area contributed by atoms with Gasteiger partial charge in [0.05, 0.1) is 12.7 Å². The molecule has 4 atom stereocenters. The summed E-state index contributed by atoms with van der Waals surface area (Å²) in [6.45, 7) is 8.74. The van der Waals surface area contributed by atoms with E-state index in [2.05, 4.69) is 20.4 Å². The lowest BCUT2D eigenvalue weighted by Gasteiger charge is -2.60. The molecule has 3 aliphatic carbocycles. The van der Waals surface area contributed by atoms with Crippen LogP contribution in [0.4, 0.5) is 0 Å². The lowest BCUT2D eigenvalue weighted by Crippen LogP contribution is -2.52. The predicted molar refractivity (Wildman–Crippen MR) is 60.3 cm³/mol. The summed E-state index contributed by atoms with van der Waals surface area (Å²) < 4.78 is 0. The number of aliphatic hydroxyl groups excluding tert-OH is 2. The number of rotatable bonds is 3. The maximum atomic E-state index is 9.47. The van der Waals surface area contributed by atoms with Crippen molar-refractivity contribution in [3.8, 4) is 0 Å². The Morgan fingerprint density at radius 2 is 2.13 bits per heavy atom. The van der Waals surface area contributed by atoms with Crippen molar-refractivity contribution in [3.63, 3.8) is 0 Å². The van der Waals surface area contributed by atoms with Crippen LogP contribution in [-0.2, 0) is 0 Å². The summed E-state index contributed by atoms with van der Waals surface area (Å²) in [5.41, 5.74) is 1.74. The van der Waals surface area contributed by atoms with Gasteiger partial charge in [-0.2, -0.15) is 0 Å². The largest absolute Gasteiger partial charge is 0.394 e. The summed E-state index contributed by atoms with van der Waals surface area (Å²) in [6.07, 6.45) is 2.57. The fourth-order valence-electron chi connectivity index (χ4n) is 3.48. The molecule has 0 saturated heterocycles. The minimum absolute atomic E-state index is 0.123. The molecule has 4 unspecified atom stereocenters. The van der Waals surface area contributed by atoms with Crippen molar-refractivity contribution in [2.45, 2.75) is 39.2 Å². The minimum atomic E-state index is -0.563. The topological polar surface area (TPSA) is 40.5 Å². The first kappa shape index (κ1) is 11.2. The molecule has 3 aliphatic rings. The average Bonchev–Trinajstić information content (AvgIpc) is 2.19. The van der Waals surface area contributed by atoms with E-state index in [0.717, 1.165) is 12.3 Å². The highest BCUT2D eigenvalue weighted by Crippen LogP contribution is 2.63. The van der Waals surface area contributed by atoms with E-state index in [0.29, 0.717) is 23.7 Å². The zero-order valence-electron chi connectivity index (χ0n) is 9.74. The van der Waals surface area contributed by atoms with Gasteiger partial charge in [0.25, 0.3) is 0 Å². The van der Waals surface area contributed by atoms with Crippen LogP contribution in [0.25, 0.3) is 0 Å². The Morgan fingerprint density at radius 3 is 2.60 bits per heavy atom. The maximum Gasteiger partial charge on any atom is 0.0776 e. The van der Waals surface area contributed by atoms with Crippen molar-refractivity contribution in [3.05, 3.63) is 12.2 Å². The molecule has 0 aliphatic heterocycles. The van der Waals surface area contributed by atoms with Gasteiger partial charge in [-0.1, -0.05) is 26.0 Å². The molecule has 0 spiro atoms. The van der Waals surface area contributed by atoms with Crippen molar-refractivity contribution < 1.29 is 10.2 Å². The highest BCUT2D eigenvalue weighted by molar-refractivity contribution is 5.22. The van der Waals surface area contributed by atoms with E-state index in [1.54, 1.807) is 0 Å². The van der Waals surface area contributed by atoms with Gasteiger partial charge >= 0.3 is 0 Å². The molecule has 0 heterocycles. The molecule has 0 amide bonds. The Bertz CT molecular complexity index is 270. The highest BCUT2D eigenvalue weighted by atomic mass is 16.3. The van der Waals surface area contributed by atoms with Crippen LogP contribution >= 0.6 is 0 Å². The number of aliphatic hydroxyl groups is 2. The lowest BCUT2D eigenvalue weighted by molar-refractivity contribution is -0.0560. The Balaban J connectivity index is 2.00. The third-order valence-electron chi connectivity index (χ3n) is 4.78. The monoisotopic (exact) mass is 210 g/mol. The molecule has 3 saturated carbocycles. The summed E-state index contributed by atoms with van der Waals surface area (Å²) in [5, 5.41) is 18.3. The van der Waals surface area contributed by atoms with Crippen LogP contribution in [-0.4, -0.2) is 22.9 Å². The quantitative estimate of drug-likeness (QED) is 0.699. The number of fused-ring (bicyclic) bond motifs is 2. The molecule has 0 aromatic heterocycles. The normalized spacial score (nSPS) is 39.7. The second-order valence-electron chi connectivity index (χ2n) is 5.89. The van der Waals surface area contributed by atoms with Gasteiger partial charge in [-0.3, -0.25) is 0 Å². The van der Waals surface area contributed by atoms with Crippen LogP contribution in [0.1, 0.15) is 33.1 Å². The zero-order chi connectivity index (χ0) is 11.2. The van der Waals surface area contributed by atoms with E-state index >= 15 is 0 Å². The van der Waals surface area contributed by atoms with Gasteiger partial charge in [0.15, 0.2) is 0 Å². The van der Waals surface area contributed by atoms with E-state index in [4.69, 9.17) is 5.11 Å². The third-order valence-corrected chi connectivity index (χ3v) is 4.78. The van der Waals surface area contributed by atoms with E-state index in [9.17, 15) is 5.11 Å². The fourth-order valence-corrected chi connectivity index (χ4v) is 3.48. The third kappa shape index (κ3) is 1.64. The van der Waals surface area contributed by atoms with Gasteiger partial charge in [-0.05, 0) is 42.4 Å². The molecule has 86 valence electrons. The van der Waals surface area contributed by atoms with Crippen LogP contribution in [0.2, 0.25) is 0 Å². The van der Waals surface area contributed by atoms with E-state index in [1.807, 2.05) is 0 Å². The van der Waals surface area contributed by atoms with Crippen molar-refractivity contribution in [1.29, 1.82) is 0 Å². The Kier molecular flexibility index (Phi) is 2.68. The van der Waals surface area contributed by atoms with Crippen LogP contribution in [0.3, 0.4) is 0 Å². The SMILES string of the molecule is C=C1C(CC(O)CO)CC2CC1C2(C)C. The second-order valence-corrected chi connectivity index (χ2v) is 5.89. The maximum absolute atomic E-state index is 9.47. The molecule has 15 heavy (non-hydrogen) atoms. The standard InChI is InChI=1S/C13H22O2/c1-8-9(5-11(15)7-14)4-10-6-12(8)13(10,2)3/h9-12,14-15H,1,4-7H2,2-3H3. The van der Waals surface area contributed by atoms with Gasteiger partial charge in [0, 0.05) is 0 Å². The molecule has 3 fully saturated rings. The summed E-state index contributed by atoms with van der Waals surface area (Å²) in [7, 11) is 0. The van der Waals surface area contributed by atoms with Crippen LogP contribution in [0, 0.1) is 23.2 Å². The van der Waals surface area contributed by atoms with Gasteiger partial charge in [-0.15, -0.1) is 0 Å². The van der Waals surface area contributed by atoms with Crippen LogP contribution < -0.4 is 0 Å². The molecule has 0 radical (unpaired) electrons. The first-order valence-electron chi connectivity index (χ1n) is 5.94. The molecule has 2 N–H and O–H groups in total. The molecular weight excluding hydrogens is 188 g/mol. The second kappa shape index (κ2) is 3.60. The van der Waals surface area contributed by atoms with Gasteiger partial charge in [-0.25, -0.2) is 0 Å². The molecule has 2 bridgehead atoms. The summed E-state index contributed by atoms with van der Waals surface area (Å²) in [4.78, 5) is 0. The molecule has 2 nitrogen and oxygen atoms in total. The van der Waals surface area contributed by atoms with Crippen molar-refractivity contribution in [2.24, 2.45) is 23.2 Å². The number of hydrogen-bond acceptors (Lipinski definition) is 2. The van der Waals surface area contributed by atoms with Crippen molar-refractivity contribution >= 4 is 0 Å². The molecular formula is C13H22O2. The van der Waals surface area contributed by atoms with Gasteiger partial charge in [0.2, 0.25) is 0 Å². The van der Waals surface area contributed by atoms with E-state index in [-0.39, 0.29) is 6.61 Å². The van der Waals surface area contributed by atoms with Crippen LogP contribution in [0.15, 0.2) is 12.2 Å². The molecule has 2 heteroatoms. The van der Waals surface area contributed by atoms with Gasteiger partial charge in [0.1, 0.15) is 0 Å². The van der Waals surface area contributed by atoms with Gasteiger partial charge < -0.3 is 10.2 Å². The summed E-state index contributed by atoms with van der Waals surface area (Å²) in [5.74, 6) is 1.87. The molecule has 3 rings (SSSR count). The van der Waals surface area contributed by atoms with Crippen molar-refractivity contribution in [2.75, 3.05) is 6.61 Å². The summed E-state index contributed by atoms with van der Waals surface area (Å²) in [6, 6.07) is 0. The minimum Gasteiger partial charge on any atom is -0.394 e. The van der Waals surface area contributed by atoms with E-state index < -0.39 is 6.10 Å². The number of hydrogen-bond donors (Lipinski definition) is 2. The zero-order valence-corrected chi connectivity index (χ0v) is 9.74. The summed E-state index contributed by atoms with van der Waals surface area (Å²) >= 11 is 0. The lowest BCUT2D eigenvalue weighted by atomic mass is 9.45. The predicted octanol–water partition coefficient (Wildman–Crippen LogP) is 1.97. The van der Waals surface area contributed by atoms with Crippen LogP contribution in [0.5, 0.6) is 0 Å². The smallest absolute Gasteiger partial charge is 0.0776 e. The first-order chi connectivity index (χ1) is 6.96. The van der Waals surface area contributed by atoms with E-state index in [1.165, 1.54) is 12.0 Å². The number of allylic oxidation sites excluding steroid dienone is 1. The Morgan fingerprint density at radius 1 is 1.47 bits per heavy atom. The molecule has 0 aromatic rings. The Labute approximate surface area is 92.0 Å².